The first-order valence-corrected chi connectivity index (χ1v) is 6.72. The van der Waals surface area contributed by atoms with Crippen molar-refractivity contribution in [2.24, 2.45) is 5.92 Å². The highest BCUT2D eigenvalue weighted by Crippen LogP contribution is 2.24. The molecule has 1 saturated heterocycles. The van der Waals surface area contributed by atoms with Gasteiger partial charge in [0.15, 0.2) is 0 Å². The van der Waals surface area contributed by atoms with E-state index in [0.717, 1.165) is 19.4 Å². The van der Waals surface area contributed by atoms with E-state index >= 15 is 0 Å². The van der Waals surface area contributed by atoms with Gasteiger partial charge in [0.25, 0.3) is 0 Å². The van der Waals surface area contributed by atoms with E-state index in [1.165, 1.54) is 13.2 Å². The van der Waals surface area contributed by atoms with Crippen LogP contribution < -0.4 is 0 Å². The Kier molecular flexibility index (Phi) is 4.77. The van der Waals surface area contributed by atoms with E-state index < -0.39 is 0 Å². The Bertz CT molecular complexity index is 447. The Morgan fingerprint density at radius 1 is 1.58 bits per heavy atom. The van der Waals surface area contributed by atoms with Crippen molar-refractivity contribution < 1.29 is 13.9 Å². The minimum Gasteiger partial charge on any atom is -0.469 e. The Labute approximate surface area is 117 Å². The van der Waals surface area contributed by atoms with Gasteiger partial charge in [-0.1, -0.05) is 17.7 Å². The summed E-state index contributed by atoms with van der Waals surface area (Å²) in [7, 11) is 1.40. The van der Waals surface area contributed by atoms with Crippen LogP contribution >= 0.6 is 11.6 Å². The quantitative estimate of drug-likeness (QED) is 0.800. The fourth-order valence-corrected chi connectivity index (χ4v) is 2.69. The summed E-state index contributed by atoms with van der Waals surface area (Å²) < 4.78 is 18.5. The summed E-state index contributed by atoms with van der Waals surface area (Å²) in [5.74, 6) is -0.610. The van der Waals surface area contributed by atoms with E-state index in [-0.39, 0.29) is 17.7 Å². The van der Waals surface area contributed by atoms with Crippen LogP contribution in [0, 0.1) is 11.7 Å². The van der Waals surface area contributed by atoms with Crippen molar-refractivity contribution in [3.8, 4) is 0 Å². The highest BCUT2D eigenvalue weighted by Gasteiger charge is 2.27. The molecular weight excluding hydrogens is 269 g/mol. The molecule has 1 unspecified atom stereocenters. The summed E-state index contributed by atoms with van der Waals surface area (Å²) in [6.07, 6.45) is 1.74. The monoisotopic (exact) mass is 285 g/mol. The van der Waals surface area contributed by atoms with Gasteiger partial charge in [-0.2, -0.15) is 0 Å². The van der Waals surface area contributed by atoms with Gasteiger partial charge < -0.3 is 4.74 Å². The molecule has 104 valence electrons. The average Bonchev–Trinajstić information content (AvgIpc) is 2.42. The largest absolute Gasteiger partial charge is 0.469 e. The van der Waals surface area contributed by atoms with Gasteiger partial charge in [0, 0.05) is 23.7 Å². The molecule has 1 aromatic carbocycles. The van der Waals surface area contributed by atoms with Gasteiger partial charge in [-0.3, -0.25) is 9.69 Å². The van der Waals surface area contributed by atoms with Crippen LogP contribution in [0.5, 0.6) is 0 Å². The predicted molar refractivity (Wildman–Crippen MR) is 71.4 cm³/mol. The molecule has 1 aliphatic rings. The summed E-state index contributed by atoms with van der Waals surface area (Å²) in [6, 6.07) is 4.68. The molecule has 1 fully saturated rings. The molecule has 1 aliphatic heterocycles. The van der Waals surface area contributed by atoms with Crippen molar-refractivity contribution in [1.29, 1.82) is 0 Å². The minimum atomic E-state index is -0.298. The van der Waals surface area contributed by atoms with Crippen LogP contribution in [0.3, 0.4) is 0 Å². The molecule has 0 aliphatic carbocycles. The minimum absolute atomic E-state index is 0.121. The molecule has 0 bridgehead atoms. The first-order valence-electron chi connectivity index (χ1n) is 6.35. The first kappa shape index (κ1) is 14.3. The molecule has 19 heavy (non-hydrogen) atoms. The van der Waals surface area contributed by atoms with Gasteiger partial charge >= 0.3 is 5.97 Å². The Balaban J connectivity index is 2.05. The van der Waals surface area contributed by atoms with Crippen molar-refractivity contribution in [1.82, 2.24) is 4.90 Å². The number of rotatable bonds is 3. The third kappa shape index (κ3) is 3.45. The topological polar surface area (TPSA) is 29.5 Å². The normalized spacial score (nSPS) is 20.3. The third-order valence-electron chi connectivity index (χ3n) is 3.48. The molecule has 0 spiro atoms. The van der Waals surface area contributed by atoms with Crippen LogP contribution in [0.2, 0.25) is 5.02 Å². The van der Waals surface area contributed by atoms with Gasteiger partial charge in [0.2, 0.25) is 0 Å². The Morgan fingerprint density at radius 3 is 3.05 bits per heavy atom. The number of hydrogen-bond donors (Lipinski definition) is 0. The van der Waals surface area contributed by atoms with Crippen LogP contribution in [0.15, 0.2) is 18.2 Å². The number of esters is 1. The SMILES string of the molecule is COC(=O)C1CCCN(Cc2c(F)cccc2Cl)C1. The number of ether oxygens (including phenoxy) is 1. The highest BCUT2D eigenvalue weighted by atomic mass is 35.5. The standard InChI is InChI=1S/C14H17ClFNO2/c1-19-14(18)10-4-3-7-17(8-10)9-11-12(15)5-2-6-13(11)16/h2,5-6,10H,3-4,7-9H2,1H3. The fourth-order valence-electron chi connectivity index (χ4n) is 2.47. The lowest BCUT2D eigenvalue weighted by molar-refractivity contribution is -0.147. The second-order valence-corrected chi connectivity index (χ2v) is 5.20. The molecule has 3 nitrogen and oxygen atoms in total. The average molecular weight is 286 g/mol. The lowest BCUT2D eigenvalue weighted by Gasteiger charge is -2.31. The summed E-state index contributed by atoms with van der Waals surface area (Å²) in [5, 5.41) is 0.431. The number of halogens is 2. The maximum Gasteiger partial charge on any atom is 0.309 e. The molecule has 2 rings (SSSR count). The van der Waals surface area contributed by atoms with Crippen molar-refractivity contribution in [2.45, 2.75) is 19.4 Å². The van der Waals surface area contributed by atoms with E-state index in [1.54, 1.807) is 12.1 Å². The van der Waals surface area contributed by atoms with Crippen LogP contribution in [-0.2, 0) is 16.1 Å². The van der Waals surface area contributed by atoms with Gasteiger partial charge in [-0.15, -0.1) is 0 Å². The molecule has 0 N–H and O–H groups in total. The molecule has 1 heterocycles. The molecule has 0 amide bonds. The van der Waals surface area contributed by atoms with E-state index in [9.17, 15) is 9.18 Å². The number of nitrogens with zero attached hydrogens (tertiary/aromatic N) is 1. The van der Waals surface area contributed by atoms with Crippen molar-refractivity contribution in [2.75, 3.05) is 20.2 Å². The third-order valence-corrected chi connectivity index (χ3v) is 3.84. The van der Waals surface area contributed by atoms with Gasteiger partial charge in [-0.05, 0) is 31.5 Å². The smallest absolute Gasteiger partial charge is 0.309 e. The maximum absolute atomic E-state index is 13.7. The second-order valence-electron chi connectivity index (χ2n) is 4.80. The summed E-state index contributed by atoms with van der Waals surface area (Å²) in [6.45, 7) is 1.87. The maximum atomic E-state index is 13.7. The van der Waals surface area contributed by atoms with Crippen LogP contribution in [-0.4, -0.2) is 31.1 Å². The zero-order valence-corrected chi connectivity index (χ0v) is 11.6. The summed E-state index contributed by atoms with van der Waals surface area (Å²) in [4.78, 5) is 13.6. The molecule has 5 heteroatoms. The Morgan fingerprint density at radius 2 is 2.37 bits per heavy atom. The van der Waals surface area contributed by atoms with Gasteiger partial charge in [0.05, 0.1) is 13.0 Å². The van der Waals surface area contributed by atoms with Crippen LogP contribution in [0.1, 0.15) is 18.4 Å². The van der Waals surface area contributed by atoms with E-state index in [0.29, 0.717) is 23.7 Å². The fraction of sp³-hybridized carbons (Fsp3) is 0.500. The summed E-state index contributed by atoms with van der Waals surface area (Å²) >= 11 is 6.02. The number of likely N-dealkylation sites (tertiary alicyclic amines) is 1. The van der Waals surface area contributed by atoms with Gasteiger partial charge in [-0.25, -0.2) is 4.39 Å². The lowest BCUT2D eigenvalue weighted by atomic mass is 9.97. The zero-order valence-electron chi connectivity index (χ0n) is 10.9. The number of methoxy groups -OCH3 is 1. The second kappa shape index (κ2) is 6.35. The molecular formula is C14H17ClFNO2. The lowest BCUT2D eigenvalue weighted by Crippen LogP contribution is -2.38. The molecule has 1 atom stereocenters. The Hall–Kier alpha value is -1.13. The van der Waals surface area contributed by atoms with Crippen molar-refractivity contribution in [3.63, 3.8) is 0 Å². The number of carbonyl (C=O) groups excluding carboxylic acids is 1. The van der Waals surface area contributed by atoms with Crippen molar-refractivity contribution in [3.05, 3.63) is 34.6 Å². The van der Waals surface area contributed by atoms with Gasteiger partial charge in [0.1, 0.15) is 5.82 Å². The number of hydrogen-bond acceptors (Lipinski definition) is 3. The molecule has 0 radical (unpaired) electrons. The molecule has 1 aromatic rings. The van der Waals surface area contributed by atoms with Crippen LogP contribution in [0.25, 0.3) is 0 Å². The van der Waals surface area contributed by atoms with E-state index in [1.807, 2.05) is 0 Å². The highest BCUT2D eigenvalue weighted by molar-refractivity contribution is 6.31. The number of benzene rings is 1. The predicted octanol–water partition coefficient (Wildman–Crippen LogP) is 2.86. The summed E-state index contributed by atoms with van der Waals surface area (Å²) in [5.41, 5.74) is 0.495. The van der Waals surface area contributed by atoms with Crippen molar-refractivity contribution >= 4 is 17.6 Å². The van der Waals surface area contributed by atoms with E-state index in [4.69, 9.17) is 16.3 Å². The van der Waals surface area contributed by atoms with E-state index in [2.05, 4.69) is 4.90 Å². The first-order chi connectivity index (χ1) is 9.11. The van der Waals surface area contributed by atoms with Crippen LogP contribution in [0.4, 0.5) is 4.39 Å². The number of piperidine rings is 1. The molecule has 0 aromatic heterocycles. The number of carbonyl (C=O) groups is 1. The molecule has 0 saturated carbocycles. The zero-order chi connectivity index (χ0) is 13.8.